The molecule has 1 aromatic heterocycles. The fraction of sp³-hybridized carbons (Fsp3) is 0.348. The van der Waals surface area contributed by atoms with Crippen molar-refractivity contribution < 1.29 is 4.79 Å². The third-order valence-electron chi connectivity index (χ3n) is 5.04. The minimum atomic E-state index is -0.713. The van der Waals surface area contributed by atoms with Gasteiger partial charge >= 0.3 is 5.69 Å². The monoisotopic (exact) mass is 393 g/mol. The van der Waals surface area contributed by atoms with Crippen molar-refractivity contribution in [3.63, 3.8) is 0 Å². The van der Waals surface area contributed by atoms with E-state index in [1.54, 1.807) is 30.3 Å². The van der Waals surface area contributed by atoms with Gasteiger partial charge in [-0.05, 0) is 50.5 Å². The predicted molar refractivity (Wildman–Crippen MR) is 116 cm³/mol. The van der Waals surface area contributed by atoms with Crippen molar-refractivity contribution in [1.29, 1.82) is 0 Å². The second kappa shape index (κ2) is 8.47. The van der Waals surface area contributed by atoms with Crippen LogP contribution < -0.4 is 16.6 Å². The number of aromatic nitrogens is 2. The number of para-hydroxylation sites is 2. The van der Waals surface area contributed by atoms with E-state index >= 15 is 0 Å². The molecule has 0 aliphatic heterocycles. The Morgan fingerprint density at radius 2 is 1.66 bits per heavy atom. The molecule has 0 aliphatic carbocycles. The van der Waals surface area contributed by atoms with Gasteiger partial charge in [0.15, 0.2) is 0 Å². The number of nitrogens with one attached hydrogen (secondary N) is 1. The Kier molecular flexibility index (Phi) is 6.01. The summed E-state index contributed by atoms with van der Waals surface area (Å²) in [6, 6.07) is 13.6. The second-order valence-corrected chi connectivity index (χ2v) is 7.38. The standard InChI is InChI=1S/C23H27N3O3/c1-5-16-11-7-9-13-19(16)26-22(28)17-12-8-10-14-20(17)25(23(26)29)18(6-2)21(27)24-15(3)4/h7-15,18H,5-6H2,1-4H3,(H,24,27)/t18-/m0/s1. The van der Waals surface area contributed by atoms with Gasteiger partial charge in [0.25, 0.3) is 5.56 Å². The maximum absolute atomic E-state index is 13.6. The normalized spacial score (nSPS) is 12.3. The van der Waals surface area contributed by atoms with E-state index in [1.807, 2.05) is 45.9 Å². The molecule has 0 aliphatic rings. The lowest BCUT2D eigenvalue weighted by Crippen LogP contribution is -2.45. The first-order valence-corrected chi connectivity index (χ1v) is 10.1. The molecule has 1 amide bonds. The van der Waals surface area contributed by atoms with Gasteiger partial charge in [0.05, 0.1) is 16.6 Å². The van der Waals surface area contributed by atoms with Crippen LogP contribution in [0.1, 0.15) is 45.7 Å². The molecule has 3 rings (SSSR count). The van der Waals surface area contributed by atoms with Crippen LogP contribution in [0.2, 0.25) is 0 Å². The maximum atomic E-state index is 13.6. The smallest absolute Gasteiger partial charge is 0.336 e. The number of carbonyl (C=O) groups excluding carboxylic acids is 1. The van der Waals surface area contributed by atoms with Gasteiger partial charge in [-0.3, -0.25) is 14.2 Å². The van der Waals surface area contributed by atoms with Gasteiger partial charge in [-0.15, -0.1) is 0 Å². The van der Waals surface area contributed by atoms with Gasteiger partial charge < -0.3 is 5.32 Å². The topological polar surface area (TPSA) is 73.1 Å². The van der Waals surface area contributed by atoms with E-state index in [1.165, 1.54) is 9.13 Å². The SMILES string of the molecule is CCc1ccccc1-n1c(=O)c2ccccc2n([C@@H](CC)C(=O)NC(C)C)c1=O. The lowest BCUT2D eigenvalue weighted by molar-refractivity contribution is -0.124. The quantitative estimate of drug-likeness (QED) is 0.699. The molecule has 6 heteroatoms. The fourth-order valence-electron chi connectivity index (χ4n) is 3.69. The number of benzene rings is 2. The first-order valence-electron chi connectivity index (χ1n) is 10.1. The zero-order valence-corrected chi connectivity index (χ0v) is 17.3. The van der Waals surface area contributed by atoms with Crippen LogP contribution in [0.4, 0.5) is 0 Å². The highest BCUT2D eigenvalue weighted by Crippen LogP contribution is 2.19. The Balaban J connectivity index is 2.41. The Bertz CT molecular complexity index is 1160. The largest absolute Gasteiger partial charge is 0.352 e. The fourth-order valence-corrected chi connectivity index (χ4v) is 3.69. The summed E-state index contributed by atoms with van der Waals surface area (Å²) in [6.45, 7) is 7.60. The highest BCUT2D eigenvalue weighted by Gasteiger charge is 2.25. The summed E-state index contributed by atoms with van der Waals surface area (Å²) in [4.78, 5) is 39.8. The molecule has 3 aromatic rings. The van der Waals surface area contributed by atoms with Gasteiger partial charge in [0.2, 0.25) is 5.91 Å². The molecule has 6 nitrogen and oxygen atoms in total. The van der Waals surface area contributed by atoms with Crippen molar-refractivity contribution in [3.8, 4) is 5.69 Å². The van der Waals surface area contributed by atoms with Gasteiger partial charge in [-0.2, -0.15) is 0 Å². The number of rotatable bonds is 6. The Labute approximate surface area is 169 Å². The molecule has 0 radical (unpaired) electrons. The van der Waals surface area contributed by atoms with Crippen molar-refractivity contribution in [2.45, 2.75) is 52.6 Å². The van der Waals surface area contributed by atoms with E-state index in [9.17, 15) is 14.4 Å². The van der Waals surface area contributed by atoms with Crippen LogP contribution >= 0.6 is 0 Å². The molecule has 0 saturated carbocycles. The second-order valence-electron chi connectivity index (χ2n) is 7.38. The average Bonchev–Trinajstić information content (AvgIpc) is 2.71. The molecule has 2 aromatic carbocycles. The van der Waals surface area contributed by atoms with Crippen LogP contribution in [0, 0.1) is 0 Å². The Hall–Kier alpha value is -3.15. The van der Waals surface area contributed by atoms with Crippen molar-refractivity contribution in [2.24, 2.45) is 0 Å². The minimum Gasteiger partial charge on any atom is -0.352 e. The van der Waals surface area contributed by atoms with Gasteiger partial charge in [0.1, 0.15) is 6.04 Å². The van der Waals surface area contributed by atoms with E-state index < -0.39 is 11.7 Å². The summed E-state index contributed by atoms with van der Waals surface area (Å²) in [5, 5.41) is 3.31. The number of aryl methyl sites for hydroxylation is 1. The molecule has 29 heavy (non-hydrogen) atoms. The molecule has 0 spiro atoms. The lowest BCUT2D eigenvalue weighted by atomic mass is 10.1. The van der Waals surface area contributed by atoms with Crippen LogP contribution in [0.25, 0.3) is 16.6 Å². The summed E-state index contributed by atoms with van der Waals surface area (Å²) < 4.78 is 2.66. The number of fused-ring (bicyclic) bond motifs is 1. The van der Waals surface area contributed by atoms with Crippen molar-refractivity contribution in [1.82, 2.24) is 14.5 Å². The Morgan fingerprint density at radius 1 is 1.00 bits per heavy atom. The maximum Gasteiger partial charge on any atom is 0.336 e. The zero-order valence-electron chi connectivity index (χ0n) is 17.3. The molecule has 152 valence electrons. The highest BCUT2D eigenvalue weighted by atomic mass is 16.2. The number of carbonyl (C=O) groups is 1. The third-order valence-corrected chi connectivity index (χ3v) is 5.04. The van der Waals surface area contributed by atoms with Crippen LogP contribution in [0.15, 0.2) is 58.1 Å². The van der Waals surface area contributed by atoms with Gasteiger partial charge in [0, 0.05) is 6.04 Å². The highest BCUT2D eigenvalue weighted by molar-refractivity contribution is 5.84. The minimum absolute atomic E-state index is 0.0507. The number of hydrogen-bond donors (Lipinski definition) is 1. The summed E-state index contributed by atoms with van der Waals surface area (Å²) in [6.07, 6.45) is 1.11. The molecule has 0 bridgehead atoms. The lowest BCUT2D eigenvalue weighted by Gasteiger charge is -2.23. The van der Waals surface area contributed by atoms with E-state index in [-0.39, 0.29) is 17.5 Å². The predicted octanol–water partition coefficient (Wildman–Crippen LogP) is 3.19. The molecule has 1 N–H and O–H groups in total. The van der Waals surface area contributed by atoms with Crippen LogP contribution in [-0.2, 0) is 11.2 Å². The first-order chi connectivity index (χ1) is 13.9. The first kappa shape index (κ1) is 20.6. The number of hydrogen-bond acceptors (Lipinski definition) is 3. The molecule has 0 unspecified atom stereocenters. The molecular weight excluding hydrogens is 366 g/mol. The van der Waals surface area contributed by atoms with Crippen molar-refractivity contribution in [2.75, 3.05) is 0 Å². The number of amides is 1. The average molecular weight is 393 g/mol. The molecule has 1 heterocycles. The summed E-state index contributed by atoms with van der Waals surface area (Å²) >= 11 is 0. The van der Waals surface area contributed by atoms with Gasteiger partial charge in [-0.1, -0.05) is 44.2 Å². The van der Waals surface area contributed by atoms with E-state index in [0.717, 1.165) is 5.56 Å². The zero-order chi connectivity index (χ0) is 21.1. The molecular formula is C23H27N3O3. The molecule has 0 fully saturated rings. The summed E-state index contributed by atoms with van der Waals surface area (Å²) in [5.74, 6) is -0.233. The van der Waals surface area contributed by atoms with Crippen LogP contribution in [0.3, 0.4) is 0 Å². The molecule has 1 atom stereocenters. The van der Waals surface area contributed by atoms with E-state index in [0.29, 0.717) is 29.4 Å². The van der Waals surface area contributed by atoms with Gasteiger partial charge in [-0.25, -0.2) is 9.36 Å². The number of nitrogens with zero attached hydrogens (tertiary/aromatic N) is 2. The van der Waals surface area contributed by atoms with Crippen molar-refractivity contribution >= 4 is 16.8 Å². The Morgan fingerprint density at radius 3 is 2.31 bits per heavy atom. The molecule has 0 saturated heterocycles. The summed E-state index contributed by atoms with van der Waals surface area (Å²) in [5.41, 5.74) is 1.05. The van der Waals surface area contributed by atoms with Crippen LogP contribution in [0.5, 0.6) is 0 Å². The van der Waals surface area contributed by atoms with Crippen molar-refractivity contribution in [3.05, 3.63) is 74.9 Å². The third kappa shape index (κ3) is 3.75. The summed E-state index contributed by atoms with van der Waals surface area (Å²) in [7, 11) is 0. The van der Waals surface area contributed by atoms with E-state index in [4.69, 9.17) is 0 Å². The van der Waals surface area contributed by atoms with E-state index in [2.05, 4.69) is 5.32 Å². The van der Waals surface area contributed by atoms with Crippen LogP contribution in [-0.4, -0.2) is 21.1 Å².